The fraction of sp³-hybridized carbons (Fsp3) is 0.296. The second-order valence-electron chi connectivity index (χ2n) is 9.94. The van der Waals surface area contributed by atoms with E-state index >= 15 is 0 Å². The number of nitrogens with zero attached hydrogens (tertiary/aromatic N) is 4. The van der Waals surface area contributed by atoms with Gasteiger partial charge in [0, 0.05) is 29.4 Å². The number of aliphatic hydroxyl groups is 1. The molecule has 0 saturated carbocycles. The van der Waals surface area contributed by atoms with E-state index < -0.39 is 18.2 Å². The first-order valence-corrected chi connectivity index (χ1v) is 12.2. The molecule has 0 aliphatic heterocycles. The Morgan fingerprint density at radius 2 is 1.94 bits per heavy atom. The minimum atomic E-state index is -0.761. The Labute approximate surface area is 214 Å². The summed E-state index contributed by atoms with van der Waals surface area (Å²) in [6, 6.07) is 14.2. The summed E-state index contributed by atoms with van der Waals surface area (Å²) in [6.07, 6.45) is 3.38. The summed E-state index contributed by atoms with van der Waals surface area (Å²) >= 11 is 6.29. The number of aliphatic hydroxyl groups excluding tert-OH is 1. The summed E-state index contributed by atoms with van der Waals surface area (Å²) in [4.78, 5) is 13.3. The van der Waals surface area contributed by atoms with Gasteiger partial charge in [-0.2, -0.15) is 10.2 Å². The number of rotatable bonds is 4. The van der Waals surface area contributed by atoms with Crippen molar-refractivity contribution in [3.8, 4) is 16.9 Å². The number of aromatic nitrogens is 4. The Balaban J connectivity index is 1.49. The fourth-order valence-electron chi connectivity index (χ4n) is 5.04. The largest absolute Gasteiger partial charge is 0.391 e. The number of carbonyl (C=O) groups is 1. The van der Waals surface area contributed by atoms with E-state index in [9.17, 15) is 9.90 Å². The first-order chi connectivity index (χ1) is 17.1. The monoisotopic (exact) mass is 504 g/mol. The van der Waals surface area contributed by atoms with Crippen molar-refractivity contribution in [3.63, 3.8) is 0 Å². The van der Waals surface area contributed by atoms with Crippen LogP contribution < -0.4 is 10.6 Å². The highest BCUT2D eigenvalue weighted by Gasteiger charge is 2.39. The molecule has 9 heteroatoms. The van der Waals surface area contributed by atoms with Crippen LogP contribution in [0.3, 0.4) is 0 Å². The lowest BCUT2D eigenvalue weighted by Crippen LogP contribution is -2.45. The molecule has 3 N–H and O–H groups in total. The van der Waals surface area contributed by atoms with E-state index in [0.29, 0.717) is 17.3 Å². The van der Waals surface area contributed by atoms with Crippen LogP contribution in [0.4, 0.5) is 10.6 Å². The van der Waals surface area contributed by atoms with Crippen LogP contribution in [0.5, 0.6) is 0 Å². The molecular formula is C27H29ClN6O2. The smallest absolute Gasteiger partial charge is 0.320 e. The number of urea groups is 1. The lowest BCUT2D eigenvalue weighted by molar-refractivity contribution is 0.0883. The van der Waals surface area contributed by atoms with Crippen LogP contribution in [0, 0.1) is 6.92 Å². The number of para-hydroxylation sites is 1. The number of benzene rings is 2. The third kappa shape index (κ3) is 4.38. The van der Waals surface area contributed by atoms with Crippen molar-refractivity contribution in [2.75, 3.05) is 5.32 Å². The molecule has 2 heterocycles. The van der Waals surface area contributed by atoms with E-state index in [0.717, 1.165) is 33.6 Å². The fourth-order valence-corrected chi connectivity index (χ4v) is 5.22. The van der Waals surface area contributed by atoms with E-state index in [2.05, 4.69) is 29.6 Å². The zero-order chi connectivity index (χ0) is 25.6. The topological polar surface area (TPSA) is 97.0 Å². The van der Waals surface area contributed by atoms with Crippen LogP contribution in [-0.2, 0) is 12.5 Å². The Kier molecular flexibility index (Phi) is 6.10. The maximum atomic E-state index is 13.3. The molecule has 5 rings (SSSR count). The highest BCUT2D eigenvalue weighted by molar-refractivity contribution is 6.30. The van der Waals surface area contributed by atoms with Gasteiger partial charge in [-0.25, -0.2) is 9.48 Å². The van der Waals surface area contributed by atoms with Crippen LogP contribution in [0.1, 0.15) is 43.0 Å². The number of halogens is 1. The molecule has 0 spiro atoms. The van der Waals surface area contributed by atoms with Crippen LogP contribution in [-0.4, -0.2) is 36.8 Å². The quantitative estimate of drug-likeness (QED) is 0.358. The maximum Gasteiger partial charge on any atom is 0.320 e. The number of carbonyl (C=O) groups excluding carboxylic acids is 1. The minimum Gasteiger partial charge on any atom is -0.391 e. The predicted octanol–water partition coefficient (Wildman–Crippen LogP) is 5.14. The van der Waals surface area contributed by atoms with Crippen molar-refractivity contribution >= 4 is 23.4 Å². The van der Waals surface area contributed by atoms with Gasteiger partial charge in [0.2, 0.25) is 0 Å². The van der Waals surface area contributed by atoms with Gasteiger partial charge in [0.15, 0.2) is 0 Å². The summed E-state index contributed by atoms with van der Waals surface area (Å²) in [6.45, 7) is 6.08. The molecule has 0 saturated heterocycles. The maximum absolute atomic E-state index is 13.3. The van der Waals surface area contributed by atoms with Crippen molar-refractivity contribution in [3.05, 3.63) is 82.6 Å². The second-order valence-corrected chi connectivity index (χ2v) is 10.4. The van der Waals surface area contributed by atoms with Gasteiger partial charge in [0.1, 0.15) is 11.5 Å². The predicted molar refractivity (Wildman–Crippen MR) is 141 cm³/mol. The van der Waals surface area contributed by atoms with Crippen LogP contribution in [0.2, 0.25) is 5.02 Å². The van der Waals surface area contributed by atoms with E-state index in [1.165, 1.54) is 0 Å². The molecule has 2 aromatic heterocycles. The summed E-state index contributed by atoms with van der Waals surface area (Å²) in [5, 5.41) is 26.6. The molecule has 36 heavy (non-hydrogen) atoms. The van der Waals surface area contributed by atoms with Crippen LogP contribution >= 0.6 is 11.6 Å². The molecule has 0 unspecified atom stereocenters. The molecular weight excluding hydrogens is 476 g/mol. The SMILES string of the molecule is Cc1c(-c2cnn(C)c2)nn(-c2ccccc2)c1NC(=O)N[C@H]1c2cc(Cl)ccc2C(C)(C)C[C@@H]1O. The second kappa shape index (κ2) is 9.11. The van der Waals surface area contributed by atoms with Crippen molar-refractivity contribution in [1.82, 2.24) is 24.9 Å². The van der Waals surface area contributed by atoms with Gasteiger partial charge in [-0.05, 0) is 54.2 Å². The zero-order valence-corrected chi connectivity index (χ0v) is 21.4. The molecule has 2 amide bonds. The lowest BCUT2D eigenvalue weighted by atomic mass is 9.69. The normalized spacial score (nSPS) is 18.5. The van der Waals surface area contributed by atoms with Gasteiger partial charge in [-0.3, -0.25) is 10.00 Å². The van der Waals surface area contributed by atoms with Gasteiger partial charge in [-0.1, -0.05) is 49.7 Å². The average Bonchev–Trinajstić information content (AvgIpc) is 3.40. The number of anilines is 1. The first kappa shape index (κ1) is 24.1. The molecule has 186 valence electrons. The van der Waals surface area contributed by atoms with Gasteiger partial charge in [-0.15, -0.1) is 0 Å². The Morgan fingerprint density at radius 3 is 2.64 bits per heavy atom. The number of amides is 2. The van der Waals surface area contributed by atoms with Crippen LogP contribution in [0.25, 0.3) is 16.9 Å². The molecule has 4 aromatic rings. The zero-order valence-electron chi connectivity index (χ0n) is 20.7. The lowest BCUT2D eigenvalue weighted by Gasteiger charge is -2.40. The molecule has 2 aromatic carbocycles. The van der Waals surface area contributed by atoms with Crippen molar-refractivity contribution in [1.29, 1.82) is 0 Å². The number of hydrogen-bond acceptors (Lipinski definition) is 4. The third-order valence-electron chi connectivity index (χ3n) is 6.80. The molecule has 0 bridgehead atoms. The summed E-state index contributed by atoms with van der Waals surface area (Å²) in [7, 11) is 1.85. The van der Waals surface area contributed by atoms with Crippen molar-refractivity contribution < 1.29 is 9.90 Å². The molecule has 1 aliphatic rings. The van der Waals surface area contributed by atoms with E-state index in [1.807, 2.05) is 68.7 Å². The number of aryl methyl sites for hydroxylation is 1. The van der Waals surface area contributed by atoms with Crippen molar-refractivity contribution in [2.24, 2.45) is 7.05 Å². The first-order valence-electron chi connectivity index (χ1n) is 11.8. The van der Waals surface area contributed by atoms with Gasteiger partial charge in [0.25, 0.3) is 0 Å². The van der Waals surface area contributed by atoms with E-state index in [-0.39, 0.29) is 5.41 Å². The Bertz CT molecular complexity index is 1430. The highest BCUT2D eigenvalue weighted by Crippen LogP contribution is 2.42. The summed E-state index contributed by atoms with van der Waals surface area (Å²) < 4.78 is 3.42. The average molecular weight is 505 g/mol. The molecule has 1 aliphatic carbocycles. The standard InChI is InChI=1S/C27H29ClN6O2/c1-16-23(17-14-29-33(4)15-17)32-34(19-8-6-5-7-9-19)25(16)31-26(36)30-24-20-12-18(28)10-11-21(20)27(2,3)13-22(24)35/h5-12,14-15,22,24,35H,13H2,1-4H3,(H2,30,31,36)/t22-,24-/m0/s1. The Hall–Kier alpha value is -3.62. The number of hydrogen-bond donors (Lipinski definition) is 3. The Morgan fingerprint density at radius 1 is 1.19 bits per heavy atom. The minimum absolute atomic E-state index is 0.241. The highest BCUT2D eigenvalue weighted by atomic mass is 35.5. The number of fused-ring (bicyclic) bond motifs is 1. The molecule has 0 radical (unpaired) electrons. The summed E-state index contributed by atoms with van der Waals surface area (Å²) in [5.74, 6) is 0.537. The molecule has 8 nitrogen and oxygen atoms in total. The molecule has 2 atom stereocenters. The van der Waals surface area contributed by atoms with E-state index in [1.54, 1.807) is 15.6 Å². The summed E-state index contributed by atoms with van der Waals surface area (Å²) in [5.41, 5.74) is 4.83. The van der Waals surface area contributed by atoms with Gasteiger partial charge in [0.05, 0.1) is 24.0 Å². The van der Waals surface area contributed by atoms with E-state index in [4.69, 9.17) is 16.7 Å². The van der Waals surface area contributed by atoms with Crippen molar-refractivity contribution in [2.45, 2.75) is 44.8 Å². The number of nitrogens with one attached hydrogen (secondary N) is 2. The third-order valence-corrected chi connectivity index (χ3v) is 7.04. The van der Waals surface area contributed by atoms with Gasteiger partial charge < -0.3 is 10.4 Å². The van der Waals surface area contributed by atoms with Crippen LogP contribution in [0.15, 0.2) is 60.9 Å². The van der Waals surface area contributed by atoms with Gasteiger partial charge >= 0.3 is 6.03 Å². The molecule has 0 fully saturated rings.